The van der Waals surface area contributed by atoms with Gasteiger partial charge in [0.25, 0.3) is 11.5 Å². The minimum atomic E-state index is -0.766. The number of methoxy groups -OCH3 is 1. The average molecular weight is 373 g/mol. The van der Waals surface area contributed by atoms with Crippen LogP contribution in [0, 0.1) is 17.1 Å². The van der Waals surface area contributed by atoms with E-state index >= 15 is 0 Å². The van der Waals surface area contributed by atoms with Crippen LogP contribution in [0.3, 0.4) is 0 Å². The van der Waals surface area contributed by atoms with Gasteiger partial charge in [0, 0.05) is 25.4 Å². The summed E-state index contributed by atoms with van der Waals surface area (Å²) >= 11 is 0. The van der Waals surface area contributed by atoms with Crippen molar-refractivity contribution in [1.29, 1.82) is 5.26 Å². The van der Waals surface area contributed by atoms with E-state index in [0.29, 0.717) is 0 Å². The number of nitrogens with two attached hydrogens (primary N) is 1. The number of hydrogen-bond donors (Lipinski definition) is 1. The van der Waals surface area contributed by atoms with Crippen LogP contribution < -0.4 is 16.0 Å². The lowest BCUT2D eigenvalue weighted by atomic mass is 10.0. The maximum atomic E-state index is 13.7. The van der Waals surface area contributed by atoms with Crippen LogP contribution in [0.15, 0.2) is 35.3 Å². The topological polar surface area (TPSA) is 124 Å². The molecule has 2 rings (SSSR count). The SMILES string of the molecule is COCCn1cc(C(=O)c2cc(F)ccc2OCC(N)=O)cc(C#N)c1=O. The second-order valence-electron chi connectivity index (χ2n) is 5.47. The van der Waals surface area contributed by atoms with E-state index in [1.54, 1.807) is 6.07 Å². The zero-order chi connectivity index (χ0) is 20.0. The molecule has 0 bridgehead atoms. The van der Waals surface area contributed by atoms with Crippen LogP contribution in [0.1, 0.15) is 21.5 Å². The molecule has 140 valence electrons. The van der Waals surface area contributed by atoms with E-state index in [0.717, 1.165) is 18.2 Å². The molecule has 1 amide bonds. The second kappa shape index (κ2) is 8.73. The number of rotatable bonds is 8. The number of amides is 1. The van der Waals surface area contributed by atoms with Gasteiger partial charge in [-0.2, -0.15) is 5.26 Å². The van der Waals surface area contributed by atoms with Gasteiger partial charge in [-0.1, -0.05) is 0 Å². The third-order valence-electron chi connectivity index (χ3n) is 3.56. The lowest BCUT2D eigenvalue weighted by Crippen LogP contribution is -2.26. The Bertz CT molecular complexity index is 978. The van der Waals surface area contributed by atoms with Gasteiger partial charge in [-0.15, -0.1) is 0 Å². The zero-order valence-corrected chi connectivity index (χ0v) is 14.4. The first-order valence-corrected chi connectivity index (χ1v) is 7.76. The number of nitriles is 1. The second-order valence-corrected chi connectivity index (χ2v) is 5.47. The van der Waals surface area contributed by atoms with E-state index in [9.17, 15) is 18.8 Å². The zero-order valence-electron chi connectivity index (χ0n) is 14.4. The lowest BCUT2D eigenvalue weighted by Gasteiger charge is -2.12. The number of nitrogens with zero attached hydrogens (tertiary/aromatic N) is 2. The summed E-state index contributed by atoms with van der Waals surface area (Å²) in [5.41, 5.74) is 4.02. The summed E-state index contributed by atoms with van der Waals surface area (Å²) in [5, 5.41) is 9.15. The number of halogens is 1. The van der Waals surface area contributed by atoms with Crippen molar-refractivity contribution in [3.8, 4) is 11.8 Å². The lowest BCUT2D eigenvalue weighted by molar-refractivity contribution is -0.119. The van der Waals surface area contributed by atoms with Crippen molar-refractivity contribution < 1.29 is 23.5 Å². The largest absolute Gasteiger partial charge is 0.483 e. The highest BCUT2D eigenvalue weighted by atomic mass is 19.1. The Morgan fingerprint density at radius 2 is 2.07 bits per heavy atom. The predicted molar refractivity (Wildman–Crippen MR) is 91.8 cm³/mol. The van der Waals surface area contributed by atoms with Gasteiger partial charge in [-0.3, -0.25) is 14.4 Å². The molecule has 1 aromatic heterocycles. The molecule has 0 spiro atoms. The molecular weight excluding hydrogens is 357 g/mol. The molecule has 2 aromatic rings. The maximum Gasteiger partial charge on any atom is 0.268 e. The van der Waals surface area contributed by atoms with Gasteiger partial charge >= 0.3 is 0 Å². The number of ether oxygens (including phenoxy) is 2. The molecule has 0 aliphatic rings. The summed E-state index contributed by atoms with van der Waals surface area (Å²) in [6.45, 7) is -0.183. The molecule has 9 heteroatoms. The fraction of sp³-hybridized carbons (Fsp3) is 0.222. The van der Waals surface area contributed by atoms with Crippen molar-refractivity contribution in [2.45, 2.75) is 6.54 Å². The standard InChI is InChI=1S/C18H16FN3O5/c1-26-5-4-22-9-12(6-11(8-20)18(22)25)17(24)14-7-13(19)2-3-15(14)27-10-16(21)23/h2-3,6-7,9H,4-5,10H2,1H3,(H2,21,23). The van der Waals surface area contributed by atoms with Gasteiger partial charge in [-0.05, 0) is 24.3 Å². The van der Waals surface area contributed by atoms with Crippen LogP contribution in [-0.2, 0) is 16.1 Å². The molecular formula is C18H16FN3O5. The van der Waals surface area contributed by atoms with Crippen LogP contribution in [0.25, 0.3) is 0 Å². The van der Waals surface area contributed by atoms with Crippen molar-refractivity contribution in [3.63, 3.8) is 0 Å². The van der Waals surface area contributed by atoms with Crippen LogP contribution in [0.4, 0.5) is 4.39 Å². The minimum absolute atomic E-state index is 0.0169. The Labute approximate surface area is 153 Å². The van der Waals surface area contributed by atoms with Crippen molar-refractivity contribution in [2.24, 2.45) is 5.73 Å². The molecule has 0 radical (unpaired) electrons. The van der Waals surface area contributed by atoms with Crippen LogP contribution in [0.2, 0.25) is 0 Å². The van der Waals surface area contributed by atoms with E-state index in [-0.39, 0.29) is 35.6 Å². The van der Waals surface area contributed by atoms with Gasteiger partial charge in [0.05, 0.1) is 12.2 Å². The van der Waals surface area contributed by atoms with E-state index in [4.69, 9.17) is 20.5 Å². The number of carbonyl (C=O) groups is 2. The van der Waals surface area contributed by atoms with Crippen molar-refractivity contribution in [2.75, 3.05) is 20.3 Å². The van der Waals surface area contributed by atoms with Crippen molar-refractivity contribution in [1.82, 2.24) is 4.57 Å². The third-order valence-corrected chi connectivity index (χ3v) is 3.56. The Kier molecular flexibility index (Phi) is 6.41. The number of carbonyl (C=O) groups excluding carboxylic acids is 2. The Hall–Kier alpha value is -3.51. The molecule has 0 fully saturated rings. The van der Waals surface area contributed by atoms with Gasteiger partial charge in [0.1, 0.15) is 23.2 Å². The quantitative estimate of drug-likeness (QED) is 0.676. The van der Waals surface area contributed by atoms with E-state index < -0.39 is 29.7 Å². The van der Waals surface area contributed by atoms with E-state index in [1.807, 2.05) is 0 Å². The fourth-order valence-electron chi connectivity index (χ4n) is 2.31. The Balaban J connectivity index is 2.51. The molecule has 1 aromatic carbocycles. The van der Waals surface area contributed by atoms with Crippen LogP contribution in [0.5, 0.6) is 5.75 Å². The van der Waals surface area contributed by atoms with E-state index in [2.05, 4.69) is 0 Å². The highest BCUT2D eigenvalue weighted by molar-refractivity contribution is 6.10. The molecule has 0 saturated carbocycles. The molecule has 27 heavy (non-hydrogen) atoms. The number of benzene rings is 1. The Morgan fingerprint density at radius 1 is 1.33 bits per heavy atom. The predicted octanol–water partition coefficient (Wildman–Crippen LogP) is 0.601. The number of primary amides is 1. The maximum absolute atomic E-state index is 13.7. The van der Waals surface area contributed by atoms with Gasteiger partial charge < -0.3 is 19.8 Å². The number of pyridine rings is 1. The van der Waals surface area contributed by atoms with Crippen molar-refractivity contribution >= 4 is 11.7 Å². The highest BCUT2D eigenvalue weighted by Crippen LogP contribution is 2.23. The Morgan fingerprint density at radius 3 is 2.70 bits per heavy atom. The molecule has 0 aliphatic heterocycles. The van der Waals surface area contributed by atoms with Crippen molar-refractivity contribution in [3.05, 3.63) is 63.3 Å². The molecule has 0 unspecified atom stereocenters. The number of ketones is 1. The summed E-state index contributed by atoms with van der Waals surface area (Å²) in [7, 11) is 1.44. The fourth-order valence-corrected chi connectivity index (χ4v) is 2.31. The molecule has 0 saturated heterocycles. The molecule has 0 aliphatic carbocycles. The first-order valence-electron chi connectivity index (χ1n) is 7.76. The smallest absolute Gasteiger partial charge is 0.268 e. The summed E-state index contributed by atoms with van der Waals surface area (Å²) in [4.78, 5) is 35.9. The number of aromatic nitrogens is 1. The summed E-state index contributed by atoms with van der Waals surface area (Å²) in [5.74, 6) is -2.19. The molecule has 1 heterocycles. The van der Waals surface area contributed by atoms with Gasteiger partial charge in [-0.25, -0.2) is 4.39 Å². The molecule has 8 nitrogen and oxygen atoms in total. The summed E-state index contributed by atoms with van der Waals surface area (Å²) in [6.07, 6.45) is 1.26. The van der Waals surface area contributed by atoms with E-state index in [1.165, 1.54) is 23.9 Å². The minimum Gasteiger partial charge on any atom is -0.483 e. The first-order chi connectivity index (χ1) is 12.9. The monoisotopic (exact) mass is 373 g/mol. The first kappa shape index (κ1) is 19.8. The van der Waals surface area contributed by atoms with Crippen LogP contribution >= 0.6 is 0 Å². The normalized spacial score (nSPS) is 10.3. The van der Waals surface area contributed by atoms with Crippen LogP contribution in [-0.4, -0.2) is 36.6 Å². The number of hydrogen-bond acceptors (Lipinski definition) is 6. The molecule has 0 atom stereocenters. The summed E-state index contributed by atoms with van der Waals surface area (Å²) < 4.78 is 24.9. The average Bonchev–Trinajstić information content (AvgIpc) is 2.65. The third kappa shape index (κ3) is 4.77. The van der Waals surface area contributed by atoms with Gasteiger partial charge in [0.15, 0.2) is 12.4 Å². The van der Waals surface area contributed by atoms with Gasteiger partial charge in [0.2, 0.25) is 0 Å². The molecule has 2 N–H and O–H groups in total. The summed E-state index contributed by atoms with van der Waals surface area (Å²) in [6, 6.07) is 6.05. The highest BCUT2D eigenvalue weighted by Gasteiger charge is 2.19.